The molecule has 3 heterocycles. The molecule has 9 nitrogen and oxygen atoms in total. The molecule has 0 radical (unpaired) electrons. The number of aryl methyl sites for hydroxylation is 4. The molecule has 1 aliphatic carbocycles. The van der Waals surface area contributed by atoms with Gasteiger partial charge >= 0.3 is 0 Å². The Morgan fingerprint density at radius 1 is 1.00 bits per heavy atom. The zero-order valence-corrected chi connectivity index (χ0v) is 26.5. The number of amides is 1. The van der Waals surface area contributed by atoms with E-state index in [0.717, 1.165) is 115 Å². The normalized spacial score (nSPS) is 14.9. The van der Waals surface area contributed by atoms with E-state index in [2.05, 4.69) is 76.6 Å². The molecule has 0 saturated carbocycles. The van der Waals surface area contributed by atoms with Gasteiger partial charge in [0.15, 0.2) is 0 Å². The lowest BCUT2D eigenvalue weighted by Crippen LogP contribution is -2.44. The third-order valence-electron chi connectivity index (χ3n) is 9.03. The average Bonchev–Trinajstić information content (AvgIpc) is 3.25. The van der Waals surface area contributed by atoms with Crippen LogP contribution in [-0.4, -0.2) is 65.7 Å². The summed E-state index contributed by atoms with van der Waals surface area (Å²) in [5.74, 6) is 1.18. The zero-order valence-electron chi connectivity index (χ0n) is 26.5. The fraction of sp³-hybridized carbons (Fsp3) is 0.400. The molecule has 2 aromatic heterocycles. The first-order chi connectivity index (χ1) is 21.4. The van der Waals surface area contributed by atoms with Crippen molar-refractivity contribution in [1.82, 2.24) is 19.4 Å². The first-order valence-corrected chi connectivity index (χ1v) is 15.7. The lowest BCUT2D eigenvalue weighted by atomic mass is 10.0. The number of likely N-dealkylation sites (N-methyl/N-ethyl adjacent to an activating group) is 1. The molecule has 2 aliphatic rings. The number of hydrogen-bond donors (Lipinski definition) is 2. The molecule has 4 aromatic rings. The van der Waals surface area contributed by atoms with Crippen LogP contribution < -0.4 is 20.3 Å². The molecule has 1 fully saturated rings. The molecule has 0 atom stereocenters. The maximum absolute atomic E-state index is 13.8. The second kappa shape index (κ2) is 12.7. The van der Waals surface area contributed by atoms with Crippen LogP contribution in [0.5, 0.6) is 5.75 Å². The topological polar surface area (TPSA) is 87.6 Å². The first-order valence-electron chi connectivity index (χ1n) is 15.7. The molecule has 0 bridgehead atoms. The number of piperazine rings is 1. The Bertz CT molecular complexity index is 1650. The van der Waals surface area contributed by atoms with Crippen molar-refractivity contribution in [3.63, 3.8) is 0 Å². The van der Waals surface area contributed by atoms with Crippen molar-refractivity contribution in [3.05, 3.63) is 76.6 Å². The Balaban J connectivity index is 1.30. The number of carbonyl (C=O) groups excluding carboxylic acids is 1. The SMILES string of the molecule is CCc1cccc(CC)c1NC(=O)c1cn(C)c2c1CCCc1cnc(Nc3ccc(N4CCN(C)CC4)cc3OC)nc1-2. The summed E-state index contributed by atoms with van der Waals surface area (Å²) in [6.45, 7) is 8.31. The molecule has 1 amide bonds. The van der Waals surface area contributed by atoms with Crippen molar-refractivity contribution in [1.29, 1.82) is 0 Å². The van der Waals surface area contributed by atoms with Gasteiger partial charge in [-0.2, -0.15) is 0 Å². The van der Waals surface area contributed by atoms with Gasteiger partial charge in [0.2, 0.25) is 5.95 Å². The number of nitrogens with one attached hydrogen (secondary N) is 2. The van der Waals surface area contributed by atoms with E-state index < -0.39 is 0 Å². The number of hydrogen-bond acceptors (Lipinski definition) is 7. The van der Waals surface area contributed by atoms with Crippen molar-refractivity contribution < 1.29 is 9.53 Å². The minimum absolute atomic E-state index is 0.0709. The number of nitrogens with zero attached hydrogens (tertiary/aromatic N) is 5. The van der Waals surface area contributed by atoms with Crippen molar-refractivity contribution in [2.75, 3.05) is 55.9 Å². The van der Waals surface area contributed by atoms with Crippen LogP contribution in [0.2, 0.25) is 0 Å². The number of ether oxygens (including phenoxy) is 1. The van der Waals surface area contributed by atoms with E-state index in [9.17, 15) is 4.79 Å². The molecule has 0 unspecified atom stereocenters. The van der Waals surface area contributed by atoms with Crippen molar-refractivity contribution in [3.8, 4) is 17.1 Å². The van der Waals surface area contributed by atoms with Crippen LogP contribution in [0.1, 0.15) is 52.9 Å². The third kappa shape index (κ3) is 5.76. The van der Waals surface area contributed by atoms with Crippen molar-refractivity contribution in [2.24, 2.45) is 7.05 Å². The van der Waals surface area contributed by atoms with E-state index in [1.165, 1.54) is 0 Å². The van der Waals surface area contributed by atoms with E-state index in [4.69, 9.17) is 9.72 Å². The number of para-hydroxylation sites is 1. The van der Waals surface area contributed by atoms with Gasteiger partial charge in [-0.25, -0.2) is 9.97 Å². The minimum atomic E-state index is -0.0709. The molecule has 6 rings (SSSR count). The molecule has 44 heavy (non-hydrogen) atoms. The molecular formula is C35H43N7O2. The highest BCUT2D eigenvalue weighted by Crippen LogP contribution is 2.37. The Morgan fingerprint density at radius 2 is 1.75 bits per heavy atom. The van der Waals surface area contributed by atoms with E-state index in [1.54, 1.807) is 7.11 Å². The van der Waals surface area contributed by atoms with Crippen LogP contribution in [0.25, 0.3) is 11.4 Å². The summed E-state index contributed by atoms with van der Waals surface area (Å²) >= 11 is 0. The average molecular weight is 594 g/mol. The number of carbonyl (C=O) groups is 1. The number of methoxy groups -OCH3 is 1. The monoisotopic (exact) mass is 593 g/mol. The predicted molar refractivity (Wildman–Crippen MR) is 178 cm³/mol. The Labute approximate surface area is 260 Å². The molecule has 2 N–H and O–H groups in total. The highest BCUT2D eigenvalue weighted by molar-refractivity contribution is 6.07. The standard InChI is InChI=1S/C35H43N7O2/c1-6-23-10-8-11-24(7-2)31(23)38-34(43)28-22-41(4)33-27(28)13-9-12-25-21-36-35(39-32(25)33)37-29-15-14-26(20-30(29)44-5)42-18-16-40(3)17-19-42/h8,10-11,14-15,20-22H,6-7,9,12-13,16-19H2,1-5H3,(H,38,43)(H,36,37,39). The van der Waals surface area contributed by atoms with Gasteiger partial charge in [0.1, 0.15) is 5.75 Å². The van der Waals surface area contributed by atoms with E-state index in [1.807, 2.05) is 30.1 Å². The van der Waals surface area contributed by atoms with Gasteiger partial charge in [-0.05, 0) is 73.5 Å². The largest absolute Gasteiger partial charge is 0.494 e. The molecule has 1 saturated heterocycles. The van der Waals surface area contributed by atoms with E-state index in [0.29, 0.717) is 11.5 Å². The molecule has 0 spiro atoms. The number of rotatable bonds is 8. The van der Waals surface area contributed by atoms with Crippen LogP contribution >= 0.6 is 0 Å². The summed E-state index contributed by atoms with van der Waals surface area (Å²) < 4.78 is 7.83. The van der Waals surface area contributed by atoms with E-state index >= 15 is 0 Å². The maximum Gasteiger partial charge on any atom is 0.257 e. The molecule has 230 valence electrons. The van der Waals surface area contributed by atoms with Gasteiger partial charge in [0, 0.05) is 63.1 Å². The third-order valence-corrected chi connectivity index (χ3v) is 9.03. The Kier molecular flexibility index (Phi) is 8.57. The van der Waals surface area contributed by atoms with Gasteiger partial charge in [-0.15, -0.1) is 0 Å². The van der Waals surface area contributed by atoms with Crippen molar-refractivity contribution >= 4 is 28.9 Å². The molecule has 1 aliphatic heterocycles. The minimum Gasteiger partial charge on any atom is -0.494 e. The maximum atomic E-state index is 13.8. The second-order valence-corrected chi connectivity index (χ2v) is 11.8. The number of benzene rings is 2. The summed E-state index contributed by atoms with van der Waals surface area (Å²) in [5, 5.41) is 6.68. The number of anilines is 4. The fourth-order valence-electron chi connectivity index (χ4n) is 6.49. The van der Waals surface area contributed by atoms with Crippen molar-refractivity contribution in [2.45, 2.75) is 46.0 Å². The lowest BCUT2D eigenvalue weighted by Gasteiger charge is -2.34. The predicted octanol–water partition coefficient (Wildman–Crippen LogP) is 5.85. The van der Waals surface area contributed by atoms with Crippen LogP contribution in [0.15, 0.2) is 48.8 Å². The van der Waals surface area contributed by atoms with E-state index in [-0.39, 0.29) is 5.91 Å². The highest BCUT2D eigenvalue weighted by Gasteiger charge is 2.27. The quantitative estimate of drug-likeness (QED) is 0.265. The summed E-state index contributed by atoms with van der Waals surface area (Å²) in [6.07, 6.45) is 8.17. The summed E-state index contributed by atoms with van der Waals surface area (Å²) in [6, 6.07) is 12.5. The molecule has 2 aromatic carbocycles. The van der Waals surface area contributed by atoms with Crippen LogP contribution in [0, 0.1) is 0 Å². The van der Waals surface area contributed by atoms with Gasteiger partial charge in [-0.3, -0.25) is 4.79 Å². The van der Waals surface area contributed by atoms with Gasteiger partial charge in [-0.1, -0.05) is 32.0 Å². The molecule has 9 heteroatoms. The van der Waals surface area contributed by atoms with Gasteiger partial charge < -0.3 is 29.7 Å². The number of aromatic nitrogens is 3. The van der Waals surface area contributed by atoms with Crippen LogP contribution in [-0.2, 0) is 32.7 Å². The first kappa shape index (κ1) is 29.7. The fourth-order valence-corrected chi connectivity index (χ4v) is 6.49. The van der Waals surface area contributed by atoms with Crippen LogP contribution in [0.4, 0.5) is 23.0 Å². The Morgan fingerprint density at radius 3 is 2.45 bits per heavy atom. The zero-order chi connectivity index (χ0) is 30.8. The van der Waals surface area contributed by atoms with Gasteiger partial charge in [0.05, 0.1) is 29.7 Å². The molecular weight excluding hydrogens is 550 g/mol. The smallest absolute Gasteiger partial charge is 0.257 e. The highest BCUT2D eigenvalue weighted by atomic mass is 16.5. The Hall–Kier alpha value is -4.37. The van der Waals surface area contributed by atoms with Crippen LogP contribution in [0.3, 0.4) is 0 Å². The number of fused-ring (bicyclic) bond motifs is 3. The second-order valence-electron chi connectivity index (χ2n) is 11.8. The lowest BCUT2D eigenvalue weighted by molar-refractivity contribution is 0.102. The van der Waals surface area contributed by atoms with Gasteiger partial charge in [0.25, 0.3) is 5.91 Å². The summed E-state index contributed by atoms with van der Waals surface area (Å²) in [7, 11) is 5.85. The summed E-state index contributed by atoms with van der Waals surface area (Å²) in [4.78, 5) is 28.3. The summed E-state index contributed by atoms with van der Waals surface area (Å²) in [5.41, 5.74) is 9.88.